The minimum atomic E-state index is -3.44. The summed E-state index contributed by atoms with van der Waals surface area (Å²) in [6.07, 6.45) is 4.07. The van der Waals surface area contributed by atoms with E-state index >= 15 is 0 Å². The Balaban J connectivity index is 1.85. The predicted molar refractivity (Wildman–Crippen MR) is 82.5 cm³/mol. The topological polar surface area (TPSA) is 89.3 Å². The van der Waals surface area contributed by atoms with E-state index in [1.54, 1.807) is 13.4 Å². The first-order chi connectivity index (χ1) is 10.6. The summed E-state index contributed by atoms with van der Waals surface area (Å²) in [5, 5.41) is 7.84. The highest BCUT2D eigenvalue weighted by Gasteiger charge is 2.28. The Morgan fingerprint density at radius 3 is 3.05 bits per heavy atom. The van der Waals surface area contributed by atoms with Gasteiger partial charge in [-0.15, -0.1) is 10.2 Å². The monoisotopic (exact) mass is 331 g/mol. The van der Waals surface area contributed by atoms with Crippen LogP contribution >= 0.6 is 0 Å². The van der Waals surface area contributed by atoms with Crippen molar-refractivity contribution in [3.05, 3.63) is 12.2 Å². The molecule has 0 aliphatic carbocycles. The van der Waals surface area contributed by atoms with Gasteiger partial charge in [-0.2, -0.15) is 12.7 Å². The maximum Gasteiger partial charge on any atom is 0.279 e. The Kier molecular flexibility index (Phi) is 6.30. The first kappa shape index (κ1) is 17.3. The second-order valence-electron chi connectivity index (χ2n) is 5.50. The van der Waals surface area contributed by atoms with E-state index in [1.807, 2.05) is 11.5 Å². The third-order valence-electron chi connectivity index (χ3n) is 3.89. The van der Waals surface area contributed by atoms with Gasteiger partial charge < -0.3 is 9.30 Å². The van der Waals surface area contributed by atoms with Gasteiger partial charge in [0.05, 0.1) is 6.61 Å². The van der Waals surface area contributed by atoms with E-state index in [-0.39, 0.29) is 5.92 Å². The van der Waals surface area contributed by atoms with Crippen molar-refractivity contribution in [2.24, 2.45) is 5.92 Å². The van der Waals surface area contributed by atoms with Gasteiger partial charge in [0.2, 0.25) is 0 Å². The number of piperidine rings is 1. The molecule has 1 unspecified atom stereocenters. The van der Waals surface area contributed by atoms with Crippen molar-refractivity contribution in [3.63, 3.8) is 0 Å². The van der Waals surface area contributed by atoms with E-state index in [4.69, 9.17) is 4.74 Å². The van der Waals surface area contributed by atoms with E-state index in [0.29, 0.717) is 32.7 Å². The quantitative estimate of drug-likeness (QED) is 0.726. The van der Waals surface area contributed by atoms with Gasteiger partial charge in [-0.3, -0.25) is 0 Å². The average molecular weight is 331 g/mol. The SMILES string of the molecule is CCn1cnnc1CCNS(=O)(=O)N1CCCC(COC)C1. The van der Waals surface area contributed by atoms with Gasteiger partial charge in [-0.05, 0) is 25.7 Å². The molecule has 0 spiro atoms. The summed E-state index contributed by atoms with van der Waals surface area (Å²) in [7, 11) is -1.79. The first-order valence-electron chi connectivity index (χ1n) is 7.67. The van der Waals surface area contributed by atoms with Crippen molar-refractivity contribution < 1.29 is 13.2 Å². The second-order valence-corrected chi connectivity index (χ2v) is 7.26. The third-order valence-corrected chi connectivity index (χ3v) is 5.47. The molecule has 126 valence electrons. The minimum absolute atomic E-state index is 0.276. The Morgan fingerprint density at radius 1 is 1.50 bits per heavy atom. The molecule has 2 heterocycles. The number of hydrogen-bond acceptors (Lipinski definition) is 5. The van der Waals surface area contributed by atoms with Crippen LogP contribution in [0.15, 0.2) is 6.33 Å². The van der Waals surface area contributed by atoms with E-state index in [0.717, 1.165) is 25.2 Å². The van der Waals surface area contributed by atoms with Crippen molar-refractivity contribution in [2.45, 2.75) is 32.7 Å². The van der Waals surface area contributed by atoms with Crippen molar-refractivity contribution in [2.75, 3.05) is 33.4 Å². The van der Waals surface area contributed by atoms with Gasteiger partial charge in [0, 0.05) is 39.7 Å². The van der Waals surface area contributed by atoms with Crippen LogP contribution in [0.2, 0.25) is 0 Å². The van der Waals surface area contributed by atoms with Gasteiger partial charge in [0.1, 0.15) is 12.2 Å². The third kappa shape index (κ3) is 4.48. The van der Waals surface area contributed by atoms with Gasteiger partial charge in [0.25, 0.3) is 10.2 Å². The Labute approximate surface area is 132 Å². The number of nitrogens with zero attached hydrogens (tertiary/aromatic N) is 4. The number of aromatic nitrogens is 3. The van der Waals surface area contributed by atoms with Gasteiger partial charge in [-0.25, -0.2) is 4.72 Å². The van der Waals surface area contributed by atoms with Crippen molar-refractivity contribution in [1.82, 2.24) is 23.8 Å². The summed E-state index contributed by atoms with van der Waals surface area (Å²) in [4.78, 5) is 0. The molecule has 1 atom stereocenters. The number of ether oxygens (including phenoxy) is 1. The van der Waals surface area contributed by atoms with E-state index < -0.39 is 10.2 Å². The molecule has 8 nitrogen and oxygen atoms in total. The number of aryl methyl sites for hydroxylation is 1. The standard InChI is InChI=1S/C13H25N5O3S/c1-3-17-11-14-16-13(17)6-7-15-22(19,20)18-8-4-5-12(9-18)10-21-2/h11-12,15H,3-10H2,1-2H3. The molecule has 22 heavy (non-hydrogen) atoms. The van der Waals surface area contributed by atoms with Crippen LogP contribution in [0.25, 0.3) is 0 Å². The molecule has 1 fully saturated rings. The first-order valence-corrected chi connectivity index (χ1v) is 9.11. The predicted octanol–water partition coefficient (Wildman–Crippen LogP) is 0.0333. The smallest absolute Gasteiger partial charge is 0.279 e. The summed E-state index contributed by atoms with van der Waals surface area (Å²) in [5.41, 5.74) is 0. The zero-order chi connectivity index (χ0) is 16.0. The maximum atomic E-state index is 12.3. The highest BCUT2D eigenvalue weighted by molar-refractivity contribution is 7.87. The fourth-order valence-corrected chi connectivity index (χ4v) is 4.06. The molecule has 0 aromatic carbocycles. The molecule has 1 aromatic rings. The van der Waals surface area contributed by atoms with Crippen LogP contribution < -0.4 is 4.72 Å². The highest BCUT2D eigenvalue weighted by Crippen LogP contribution is 2.18. The van der Waals surface area contributed by atoms with Crippen LogP contribution in [0.3, 0.4) is 0 Å². The lowest BCUT2D eigenvalue weighted by atomic mass is 10.0. The molecule has 0 saturated carbocycles. The number of hydrogen-bond donors (Lipinski definition) is 1. The van der Waals surface area contributed by atoms with Crippen LogP contribution in [-0.4, -0.2) is 60.8 Å². The van der Waals surface area contributed by atoms with Gasteiger partial charge >= 0.3 is 0 Å². The lowest BCUT2D eigenvalue weighted by Crippen LogP contribution is -2.47. The average Bonchev–Trinajstić information content (AvgIpc) is 2.95. The molecule has 0 amide bonds. The summed E-state index contributed by atoms with van der Waals surface area (Å²) in [6.45, 7) is 4.80. The molecule has 9 heteroatoms. The normalized spacial score (nSPS) is 20.4. The molecule has 0 bridgehead atoms. The van der Waals surface area contributed by atoms with Gasteiger partial charge in [-0.1, -0.05) is 0 Å². The molecule has 1 N–H and O–H groups in total. The molecule has 1 aromatic heterocycles. The fourth-order valence-electron chi connectivity index (χ4n) is 2.74. The van der Waals surface area contributed by atoms with E-state index in [1.165, 1.54) is 4.31 Å². The molecular weight excluding hydrogens is 306 g/mol. The lowest BCUT2D eigenvalue weighted by molar-refractivity contribution is 0.118. The number of methoxy groups -OCH3 is 1. The lowest BCUT2D eigenvalue weighted by Gasteiger charge is -2.31. The second kappa shape index (κ2) is 8.00. The minimum Gasteiger partial charge on any atom is -0.384 e. The number of rotatable bonds is 8. The molecule has 1 saturated heterocycles. The molecule has 2 rings (SSSR count). The molecular formula is C13H25N5O3S. The molecule has 1 aliphatic rings. The summed E-state index contributed by atoms with van der Waals surface area (Å²) in [6, 6.07) is 0. The number of nitrogens with one attached hydrogen (secondary N) is 1. The summed E-state index contributed by atoms with van der Waals surface area (Å²) in [5.74, 6) is 1.07. The Bertz CT molecular complexity index is 558. The van der Waals surface area contributed by atoms with E-state index in [2.05, 4.69) is 14.9 Å². The maximum absolute atomic E-state index is 12.3. The van der Waals surface area contributed by atoms with Gasteiger partial charge in [0.15, 0.2) is 0 Å². The van der Waals surface area contributed by atoms with Crippen molar-refractivity contribution >= 4 is 10.2 Å². The van der Waals surface area contributed by atoms with Crippen LogP contribution in [0.4, 0.5) is 0 Å². The van der Waals surface area contributed by atoms with E-state index in [9.17, 15) is 8.42 Å². The van der Waals surface area contributed by atoms with Crippen molar-refractivity contribution in [1.29, 1.82) is 0 Å². The van der Waals surface area contributed by atoms with Crippen LogP contribution in [0.5, 0.6) is 0 Å². The van der Waals surface area contributed by atoms with Crippen LogP contribution in [-0.2, 0) is 27.9 Å². The summed E-state index contributed by atoms with van der Waals surface area (Å²) < 4.78 is 35.9. The van der Waals surface area contributed by atoms with Crippen LogP contribution in [0, 0.1) is 5.92 Å². The largest absolute Gasteiger partial charge is 0.384 e. The zero-order valence-corrected chi connectivity index (χ0v) is 14.0. The Hall–Kier alpha value is -1.03. The highest BCUT2D eigenvalue weighted by atomic mass is 32.2. The zero-order valence-electron chi connectivity index (χ0n) is 13.2. The summed E-state index contributed by atoms with van der Waals surface area (Å²) >= 11 is 0. The fraction of sp³-hybridized carbons (Fsp3) is 0.846. The molecule has 0 radical (unpaired) electrons. The van der Waals surface area contributed by atoms with Crippen molar-refractivity contribution in [3.8, 4) is 0 Å². The molecule has 1 aliphatic heterocycles. The van der Waals surface area contributed by atoms with Crippen LogP contribution in [0.1, 0.15) is 25.6 Å². The Morgan fingerprint density at radius 2 is 2.32 bits per heavy atom.